The molecule has 0 aliphatic heterocycles. The summed E-state index contributed by atoms with van der Waals surface area (Å²) in [5.74, 6) is 0. The molecule has 0 heterocycles. The summed E-state index contributed by atoms with van der Waals surface area (Å²) in [6.07, 6.45) is 0. The van der Waals surface area contributed by atoms with Gasteiger partial charge in [0.2, 0.25) is 5.24 Å². The van der Waals surface area contributed by atoms with Crippen LogP contribution in [-0.2, 0) is 4.79 Å². The molecule has 0 atom stereocenters. The van der Waals surface area contributed by atoms with Gasteiger partial charge in [-0.2, -0.15) is 0 Å². The van der Waals surface area contributed by atoms with Crippen molar-refractivity contribution >= 4 is 24.9 Å². The topological polar surface area (TPSA) is 17.1 Å². The van der Waals surface area contributed by atoms with Crippen molar-refractivity contribution in [2.75, 3.05) is 0 Å². The van der Waals surface area contributed by atoms with E-state index in [9.17, 15) is 4.79 Å². The summed E-state index contributed by atoms with van der Waals surface area (Å²) in [6.45, 7) is 6.53. The SMILES string of the molecule is CC[Si](C)(CC)CC(=O)Cl. The molecule has 0 N–H and O–H groups in total. The van der Waals surface area contributed by atoms with Crippen LogP contribution in [0, 0.1) is 0 Å². The van der Waals surface area contributed by atoms with E-state index in [0.29, 0.717) is 6.04 Å². The van der Waals surface area contributed by atoms with E-state index in [1.165, 1.54) is 0 Å². The van der Waals surface area contributed by atoms with Crippen molar-refractivity contribution in [1.82, 2.24) is 0 Å². The second kappa shape index (κ2) is 4.14. The second-order valence-corrected chi connectivity index (χ2v) is 8.86. The van der Waals surface area contributed by atoms with E-state index in [-0.39, 0.29) is 5.24 Å². The minimum Gasteiger partial charge on any atom is -0.282 e. The van der Waals surface area contributed by atoms with Crippen LogP contribution in [0.2, 0.25) is 24.7 Å². The maximum atomic E-state index is 10.6. The van der Waals surface area contributed by atoms with Gasteiger partial charge in [-0.05, 0) is 11.6 Å². The summed E-state index contributed by atoms with van der Waals surface area (Å²) >= 11 is 5.32. The highest BCUT2D eigenvalue weighted by Crippen LogP contribution is 2.20. The van der Waals surface area contributed by atoms with Gasteiger partial charge in [0.15, 0.2) is 0 Å². The molecule has 3 heteroatoms. The van der Waals surface area contributed by atoms with Crippen LogP contribution in [0.15, 0.2) is 0 Å². The van der Waals surface area contributed by atoms with Crippen molar-refractivity contribution in [2.45, 2.75) is 38.5 Å². The summed E-state index contributed by atoms with van der Waals surface area (Å²) in [7, 11) is -1.24. The fourth-order valence-electron chi connectivity index (χ4n) is 0.836. The number of carbonyl (C=O) groups excluding carboxylic acids is 1. The van der Waals surface area contributed by atoms with Crippen LogP contribution in [0.3, 0.4) is 0 Å². The van der Waals surface area contributed by atoms with Gasteiger partial charge in [-0.25, -0.2) is 0 Å². The number of rotatable bonds is 4. The summed E-state index contributed by atoms with van der Waals surface area (Å²) in [5, 5.41) is -0.155. The Hall–Kier alpha value is 0.177. The number of hydrogen-bond acceptors (Lipinski definition) is 1. The number of hydrogen-bond donors (Lipinski definition) is 0. The summed E-state index contributed by atoms with van der Waals surface area (Å²) < 4.78 is 0. The van der Waals surface area contributed by atoms with E-state index in [0.717, 1.165) is 12.1 Å². The van der Waals surface area contributed by atoms with Gasteiger partial charge >= 0.3 is 0 Å². The molecule has 0 fully saturated rings. The van der Waals surface area contributed by atoms with Crippen LogP contribution >= 0.6 is 11.6 Å². The summed E-state index contributed by atoms with van der Waals surface area (Å²) in [4.78, 5) is 10.6. The maximum absolute atomic E-state index is 10.6. The third kappa shape index (κ3) is 3.37. The Labute approximate surface area is 68.8 Å². The molecular formula is C7H15ClOSi. The average Bonchev–Trinajstić information content (AvgIpc) is 1.87. The third-order valence-corrected chi connectivity index (χ3v) is 7.22. The Bertz CT molecular complexity index is 121. The van der Waals surface area contributed by atoms with Crippen LogP contribution in [0.5, 0.6) is 0 Å². The fraction of sp³-hybridized carbons (Fsp3) is 0.857. The monoisotopic (exact) mass is 178 g/mol. The van der Waals surface area contributed by atoms with E-state index in [1.807, 2.05) is 0 Å². The molecule has 0 amide bonds. The molecule has 0 aromatic heterocycles. The standard InChI is InChI=1S/C7H15ClOSi/c1-4-10(3,5-2)6-7(8)9/h4-6H2,1-3H3. The quantitative estimate of drug-likeness (QED) is 0.478. The molecule has 0 saturated carbocycles. The van der Waals surface area contributed by atoms with Crippen molar-refractivity contribution in [3.05, 3.63) is 0 Å². The molecule has 0 aliphatic carbocycles. The van der Waals surface area contributed by atoms with E-state index < -0.39 is 8.07 Å². The first kappa shape index (κ1) is 10.2. The predicted molar refractivity (Wildman–Crippen MR) is 48.2 cm³/mol. The first-order valence-corrected chi connectivity index (χ1v) is 7.22. The van der Waals surface area contributed by atoms with Crippen molar-refractivity contribution in [2.24, 2.45) is 0 Å². The zero-order chi connectivity index (χ0) is 8.20. The third-order valence-electron chi connectivity index (χ3n) is 2.27. The maximum Gasteiger partial charge on any atom is 0.218 e. The van der Waals surface area contributed by atoms with Crippen LogP contribution in [0.25, 0.3) is 0 Å². The highest BCUT2D eigenvalue weighted by molar-refractivity contribution is 6.86. The Kier molecular flexibility index (Phi) is 4.21. The molecule has 0 aliphatic rings. The minimum absolute atomic E-state index is 0.155. The first-order valence-electron chi connectivity index (χ1n) is 3.72. The van der Waals surface area contributed by atoms with E-state index in [4.69, 9.17) is 11.6 Å². The van der Waals surface area contributed by atoms with Crippen LogP contribution in [0.1, 0.15) is 13.8 Å². The molecule has 0 unspecified atom stereocenters. The molecule has 0 radical (unpaired) electrons. The Morgan fingerprint density at radius 1 is 1.40 bits per heavy atom. The molecule has 0 spiro atoms. The minimum atomic E-state index is -1.24. The number of carbonyl (C=O) groups is 1. The van der Waals surface area contributed by atoms with Crippen LogP contribution in [-0.4, -0.2) is 13.3 Å². The molecule has 0 rings (SSSR count). The van der Waals surface area contributed by atoms with Gasteiger partial charge in [0, 0.05) is 6.04 Å². The van der Waals surface area contributed by atoms with Gasteiger partial charge in [0.05, 0.1) is 8.07 Å². The lowest BCUT2D eigenvalue weighted by Gasteiger charge is -2.21. The van der Waals surface area contributed by atoms with Gasteiger partial charge < -0.3 is 0 Å². The smallest absolute Gasteiger partial charge is 0.218 e. The highest BCUT2D eigenvalue weighted by Gasteiger charge is 2.24. The largest absolute Gasteiger partial charge is 0.282 e. The van der Waals surface area contributed by atoms with Gasteiger partial charge in [0.25, 0.3) is 0 Å². The molecule has 60 valence electrons. The molecule has 0 aromatic carbocycles. The van der Waals surface area contributed by atoms with Gasteiger partial charge in [-0.3, -0.25) is 4.79 Å². The first-order chi connectivity index (χ1) is 4.54. The molecule has 0 saturated heterocycles. The molecular weight excluding hydrogens is 164 g/mol. The average molecular weight is 179 g/mol. The Morgan fingerprint density at radius 2 is 1.80 bits per heavy atom. The van der Waals surface area contributed by atoms with Gasteiger partial charge in [-0.15, -0.1) is 0 Å². The van der Waals surface area contributed by atoms with Gasteiger partial charge in [0.1, 0.15) is 0 Å². The van der Waals surface area contributed by atoms with Crippen molar-refractivity contribution in [3.8, 4) is 0 Å². The normalized spacial score (nSPS) is 11.6. The van der Waals surface area contributed by atoms with E-state index >= 15 is 0 Å². The van der Waals surface area contributed by atoms with E-state index in [1.54, 1.807) is 0 Å². The fourth-order valence-corrected chi connectivity index (χ4v) is 3.47. The lowest BCUT2D eigenvalue weighted by molar-refractivity contribution is -0.109. The second-order valence-electron chi connectivity index (χ2n) is 3.05. The molecule has 10 heavy (non-hydrogen) atoms. The highest BCUT2D eigenvalue weighted by atomic mass is 35.5. The zero-order valence-electron chi connectivity index (χ0n) is 6.91. The Balaban J connectivity index is 3.92. The lowest BCUT2D eigenvalue weighted by atomic mass is 10.9. The van der Waals surface area contributed by atoms with E-state index in [2.05, 4.69) is 20.4 Å². The molecule has 0 bridgehead atoms. The van der Waals surface area contributed by atoms with Crippen molar-refractivity contribution < 1.29 is 4.79 Å². The number of halogens is 1. The predicted octanol–water partition coefficient (Wildman–Crippen LogP) is 2.87. The van der Waals surface area contributed by atoms with Crippen molar-refractivity contribution in [1.29, 1.82) is 0 Å². The zero-order valence-corrected chi connectivity index (χ0v) is 8.66. The van der Waals surface area contributed by atoms with Crippen LogP contribution in [0.4, 0.5) is 0 Å². The van der Waals surface area contributed by atoms with Crippen molar-refractivity contribution in [3.63, 3.8) is 0 Å². The Morgan fingerprint density at radius 3 is 1.90 bits per heavy atom. The summed E-state index contributed by atoms with van der Waals surface area (Å²) in [6, 6.07) is 2.95. The molecule has 0 aromatic rings. The summed E-state index contributed by atoms with van der Waals surface area (Å²) in [5.41, 5.74) is 0. The molecule has 1 nitrogen and oxygen atoms in total. The lowest BCUT2D eigenvalue weighted by Crippen LogP contribution is -2.29. The van der Waals surface area contributed by atoms with Crippen LogP contribution < -0.4 is 0 Å². The van der Waals surface area contributed by atoms with Gasteiger partial charge in [-0.1, -0.05) is 32.5 Å².